The van der Waals surface area contributed by atoms with Crippen LogP contribution < -0.4 is 10.1 Å². The molecule has 1 amide bonds. The summed E-state index contributed by atoms with van der Waals surface area (Å²) in [5, 5.41) is 12.7. The average Bonchev–Trinajstić information content (AvgIpc) is 3.10. The highest BCUT2D eigenvalue weighted by molar-refractivity contribution is 7.99. The summed E-state index contributed by atoms with van der Waals surface area (Å²) in [4.78, 5) is 12.4. The highest BCUT2D eigenvalue weighted by Crippen LogP contribution is 2.26. The molecule has 0 bridgehead atoms. The minimum atomic E-state index is -0.157. The Morgan fingerprint density at radius 1 is 1.25 bits per heavy atom. The molecule has 3 rings (SSSR count). The molecule has 0 saturated heterocycles. The molecule has 0 aliphatic rings. The molecule has 0 aliphatic heterocycles. The third-order valence-electron chi connectivity index (χ3n) is 3.84. The summed E-state index contributed by atoms with van der Waals surface area (Å²) >= 11 is 7.27. The van der Waals surface area contributed by atoms with Gasteiger partial charge in [-0.2, -0.15) is 0 Å². The molecule has 6 nitrogen and oxygen atoms in total. The predicted molar refractivity (Wildman–Crippen MR) is 113 cm³/mol. The van der Waals surface area contributed by atoms with Gasteiger partial charge in [0.25, 0.3) is 0 Å². The Morgan fingerprint density at radius 3 is 2.71 bits per heavy atom. The Balaban J connectivity index is 1.72. The van der Waals surface area contributed by atoms with Gasteiger partial charge in [0, 0.05) is 17.1 Å². The lowest BCUT2D eigenvalue weighted by molar-refractivity contribution is -0.113. The lowest BCUT2D eigenvalue weighted by Gasteiger charge is -2.10. The van der Waals surface area contributed by atoms with Gasteiger partial charge >= 0.3 is 0 Å². The van der Waals surface area contributed by atoms with Crippen molar-refractivity contribution in [2.45, 2.75) is 11.7 Å². The highest BCUT2D eigenvalue weighted by atomic mass is 35.5. The van der Waals surface area contributed by atoms with Crippen LogP contribution >= 0.6 is 23.4 Å². The topological polar surface area (TPSA) is 69.0 Å². The van der Waals surface area contributed by atoms with Crippen molar-refractivity contribution in [3.63, 3.8) is 0 Å². The SMILES string of the molecule is C=CCn1c(SCC(=O)Nc2ccccc2OC)nnc1-c1ccc(Cl)cc1. The number of thioether (sulfide) groups is 1. The number of aromatic nitrogens is 3. The van der Waals surface area contributed by atoms with Crippen LogP contribution in [0.5, 0.6) is 5.75 Å². The number of halogens is 1. The van der Waals surface area contributed by atoms with Crippen LogP contribution in [0.4, 0.5) is 5.69 Å². The van der Waals surface area contributed by atoms with Gasteiger partial charge in [-0.05, 0) is 36.4 Å². The largest absolute Gasteiger partial charge is 0.495 e. The second-order valence-electron chi connectivity index (χ2n) is 5.75. The van der Waals surface area contributed by atoms with Crippen LogP contribution in [-0.2, 0) is 11.3 Å². The van der Waals surface area contributed by atoms with E-state index in [0.717, 1.165) is 5.56 Å². The van der Waals surface area contributed by atoms with Crippen molar-refractivity contribution in [3.05, 3.63) is 66.2 Å². The molecular weight excluding hydrogens is 396 g/mol. The summed E-state index contributed by atoms with van der Waals surface area (Å²) in [6.45, 7) is 4.32. The molecular formula is C20H19ClN4O2S. The lowest BCUT2D eigenvalue weighted by atomic mass is 10.2. The fourth-order valence-electron chi connectivity index (χ4n) is 2.57. The second-order valence-corrected chi connectivity index (χ2v) is 7.13. The molecule has 28 heavy (non-hydrogen) atoms. The maximum absolute atomic E-state index is 12.4. The summed E-state index contributed by atoms with van der Waals surface area (Å²) in [6, 6.07) is 14.6. The van der Waals surface area contributed by atoms with Gasteiger partial charge in [0.2, 0.25) is 5.91 Å². The fraction of sp³-hybridized carbons (Fsp3) is 0.150. The summed E-state index contributed by atoms with van der Waals surface area (Å²) in [5.74, 6) is 1.34. The number of methoxy groups -OCH3 is 1. The van der Waals surface area contributed by atoms with Crippen molar-refractivity contribution in [3.8, 4) is 17.1 Å². The molecule has 0 fully saturated rings. The fourth-order valence-corrected chi connectivity index (χ4v) is 3.44. The maximum Gasteiger partial charge on any atom is 0.234 e. The number of allylic oxidation sites excluding steroid dienone is 1. The van der Waals surface area contributed by atoms with Crippen LogP contribution in [0.25, 0.3) is 11.4 Å². The minimum absolute atomic E-state index is 0.157. The molecule has 0 saturated carbocycles. The van der Waals surface area contributed by atoms with E-state index < -0.39 is 0 Å². The van der Waals surface area contributed by atoms with Crippen LogP contribution in [0.3, 0.4) is 0 Å². The number of hydrogen-bond acceptors (Lipinski definition) is 5. The van der Waals surface area contributed by atoms with Crippen molar-refractivity contribution in [2.75, 3.05) is 18.2 Å². The first kappa shape index (κ1) is 20.0. The average molecular weight is 415 g/mol. The Morgan fingerprint density at radius 2 is 2.00 bits per heavy atom. The molecule has 1 N–H and O–H groups in total. The molecule has 0 aliphatic carbocycles. The Bertz CT molecular complexity index is 973. The van der Waals surface area contributed by atoms with Gasteiger partial charge in [-0.15, -0.1) is 16.8 Å². The van der Waals surface area contributed by atoms with E-state index in [-0.39, 0.29) is 11.7 Å². The minimum Gasteiger partial charge on any atom is -0.495 e. The number of ether oxygens (including phenoxy) is 1. The molecule has 0 spiro atoms. The molecule has 144 valence electrons. The molecule has 3 aromatic rings. The van der Waals surface area contributed by atoms with Crippen LogP contribution in [0.15, 0.2) is 66.3 Å². The number of rotatable bonds is 8. The first-order chi connectivity index (χ1) is 13.6. The molecule has 0 unspecified atom stereocenters. The van der Waals surface area contributed by atoms with Gasteiger partial charge in [0.1, 0.15) is 5.75 Å². The predicted octanol–water partition coefficient (Wildman–Crippen LogP) is 4.52. The molecule has 0 radical (unpaired) electrons. The molecule has 8 heteroatoms. The number of amides is 1. The third-order valence-corrected chi connectivity index (χ3v) is 5.06. The number of benzene rings is 2. The number of carbonyl (C=O) groups is 1. The van der Waals surface area contributed by atoms with Gasteiger partial charge in [0.15, 0.2) is 11.0 Å². The molecule has 2 aromatic carbocycles. The van der Waals surface area contributed by atoms with E-state index >= 15 is 0 Å². The van der Waals surface area contributed by atoms with Crippen molar-refractivity contribution in [2.24, 2.45) is 0 Å². The van der Waals surface area contributed by atoms with Gasteiger partial charge in [-0.25, -0.2) is 0 Å². The monoisotopic (exact) mass is 414 g/mol. The number of nitrogens with one attached hydrogen (secondary N) is 1. The summed E-state index contributed by atoms with van der Waals surface area (Å²) < 4.78 is 7.17. The van der Waals surface area contributed by atoms with E-state index in [2.05, 4.69) is 22.1 Å². The van der Waals surface area contributed by atoms with Crippen molar-refractivity contribution in [1.29, 1.82) is 0 Å². The third kappa shape index (κ3) is 4.74. The van der Waals surface area contributed by atoms with E-state index in [4.69, 9.17) is 16.3 Å². The van der Waals surface area contributed by atoms with Crippen molar-refractivity contribution in [1.82, 2.24) is 14.8 Å². The van der Waals surface area contributed by atoms with E-state index in [1.807, 2.05) is 28.8 Å². The van der Waals surface area contributed by atoms with Crippen LogP contribution in [0.2, 0.25) is 5.02 Å². The Kier molecular flexibility index (Phi) is 6.73. The first-order valence-corrected chi connectivity index (χ1v) is 9.84. The standard InChI is InChI=1S/C20H19ClN4O2S/c1-3-12-25-19(14-8-10-15(21)11-9-14)23-24-20(25)28-13-18(26)22-16-6-4-5-7-17(16)27-2/h3-11H,1,12-13H2,2H3,(H,22,26). The smallest absolute Gasteiger partial charge is 0.234 e. The second kappa shape index (κ2) is 9.43. The van der Waals surface area contributed by atoms with E-state index in [1.165, 1.54) is 11.8 Å². The Hall–Kier alpha value is -2.77. The zero-order valence-corrected chi connectivity index (χ0v) is 16.8. The number of para-hydroxylation sites is 2. The zero-order chi connectivity index (χ0) is 19.9. The molecule has 0 atom stereocenters. The highest BCUT2D eigenvalue weighted by Gasteiger charge is 2.15. The number of anilines is 1. The Labute approximate surface area is 172 Å². The van der Waals surface area contributed by atoms with E-state index in [1.54, 1.807) is 37.5 Å². The molecule has 1 heterocycles. The molecule has 1 aromatic heterocycles. The van der Waals surface area contributed by atoms with Crippen LogP contribution in [0, 0.1) is 0 Å². The number of carbonyl (C=O) groups excluding carboxylic acids is 1. The summed E-state index contributed by atoms with van der Waals surface area (Å²) in [7, 11) is 1.57. The number of hydrogen-bond donors (Lipinski definition) is 1. The van der Waals surface area contributed by atoms with E-state index in [9.17, 15) is 4.79 Å². The first-order valence-electron chi connectivity index (χ1n) is 8.48. The van der Waals surface area contributed by atoms with Crippen molar-refractivity contribution < 1.29 is 9.53 Å². The van der Waals surface area contributed by atoms with Crippen LogP contribution in [-0.4, -0.2) is 33.5 Å². The maximum atomic E-state index is 12.4. The van der Waals surface area contributed by atoms with Gasteiger partial charge in [-0.3, -0.25) is 9.36 Å². The zero-order valence-electron chi connectivity index (χ0n) is 15.3. The van der Waals surface area contributed by atoms with Gasteiger partial charge < -0.3 is 10.1 Å². The quantitative estimate of drug-likeness (QED) is 0.433. The van der Waals surface area contributed by atoms with Crippen LogP contribution in [0.1, 0.15) is 0 Å². The summed E-state index contributed by atoms with van der Waals surface area (Å²) in [5.41, 5.74) is 1.52. The summed E-state index contributed by atoms with van der Waals surface area (Å²) in [6.07, 6.45) is 1.77. The van der Waals surface area contributed by atoms with Gasteiger partial charge in [-0.1, -0.05) is 41.6 Å². The lowest BCUT2D eigenvalue weighted by Crippen LogP contribution is -2.15. The van der Waals surface area contributed by atoms with Crippen molar-refractivity contribution >= 4 is 35.0 Å². The van der Waals surface area contributed by atoms with Gasteiger partial charge in [0.05, 0.1) is 18.6 Å². The van der Waals surface area contributed by atoms with E-state index in [0.29, 0.717) is 34.0 Å². The number of nitrogens with zero attached hydrogens (tertiary/aromatic N) is 3. The normalized spacial score (nSPS) is 10.5.